The Balaban J connectivity index is 2.21. The first-order chi connectivity index (χ1) is 7.75. The first kappa shape index (κ1) is 9.42. The molecule has 0 amide bonds. The summed E-state index contributed by atoms with van der Waals surface area (Å²) < 4.78 is 7.10. The van der Waals surface area contributed by atoms with Gasteiger partial charge in [0.25, 0.3) is 5.56 Å². The number of benzene rings is 1. The van der Waals surface area contributed by atoms with E-state index in [0.29, 0.717) is 13.2 Å². The van der Waals surface area contributed by atoms with Gasteiger partial charge >= 0.3 is 0 Å². The minimum Gasteiger partial charge on any atom is -0.370 e. The molecular formula is C12H12N2O2. The second-order valence-corrected chi connectivity index (χ2v) is 4.03. The van der Waals surface area contributed by atoms with Gasteiger partial charge in [-0.05, 0) is 24.6 Å². The number of rotatable bonds is 1. The molecule has 16 heavy (non-hydrogen) atoms. The number of aromatic nitrogens is 2. The van der Waals surface area contributed by atoms with Crippen LogP contribution in [0.4, 0.5) is 0 Å². The maximum absolute atomic E-state index is 11.6. The largest absolute Gasteiger partial charge is 0.370 e. The zero-order valence-corrected chi connectivity index (χ0v) is 8.99. The van der Waals surface area contributed by atoms with E-state index >= 15 is 0 Å². The van der Waals surface area contributed by atoms with E-state index in [2.05, 4.69) is 5.10 Å². The highest BCUT2D eigenvalue weighted by Gasteiger charge is 2.21. The fourth-order valence-corrected chi connectivity index (χ4v) is 2.04. The zero-order valence-electron chi connectivity index (χ0n) is 8.99. The Hall–Kier alpha value is -1.81. The molecule has 1 aliphatic heterocycles. The fraction of sp³-hybridized carbons (Fsp3) is 0.250. The minimum atomic E-state index is -0.0472. The molecule has 0 atom stereocenters. The summed E-state index contributed by atoms with van der Waals surface area (Å²) in [6.45, 7) is 2.95. The van der Waals surface area contributed by atoms with Crippen molar-refractivity contribution < 1.29 is 4.74 Å². The third-order valence-corrected chi connectivity index (χ3v) is 2.85. The van der Waals surface area contributed by atoms with Crippen molar-refractivity contribution in [2.45, 2.75) is 20.1 Å². The molecular weight excluding hydrogens is 204 g/mol. The first-order valence-corrected chi connectivity index (χ1v) is 5.23. The summed E-state index contributed by atoms with van der Waals surface area (Å²) in [5, 5.41) is 2.84. The van der Waals surface area contributed by atoms with Gasteiger partial charge in [0.15, 0.2) is 0 Å². The molecule has 4 heteroatoms. The molecule has 82 valence electrons. The fourth-order valence-electron chi connectivity index (χ4n) is 2.04. The Morgan fingerprint density at radius 3 is 3.06 bits per heavy atom. The standard InChI is InChI=1S/C12H12N2O2/c1-8-3-2-4-9(5-8)14-11-7-16-6-10(11)12(15)13-14/h2-5H,6-7H2,1H3,(H,13,15). The van der Waals surface area contributed by atoms with Crippen LogP contribution < -0.4 is 5.56 Å². The van der Waals surface area contributed by atoms with Gasteiger partial charge in [0.1, 0.15) is 0 Å². The van der Waals surface area contributed by atoms with Crippen molar-refractivity contribution in [1.29, 1.82) is 0 Å². The van der Waals surface area contributed by atoms with Crippen molar-refractivity contribution in [3.63, 3.8) is 0 Å². The van der Waals surface area contributed by atoms with Gasteiger partial charge in [-0.2, -0.15) is 0 Å². The predicted molar refractivity (Wildman–Crippen MR) is 59.6 cm³/mol. The number of aromatic amines is 1. The summed E-state index contributed by atoms with van der Waals surface area (Å²) in [5.41, 5.74) is 3.79. The van der Waals surface area contributed by atoms with Crippen LogP contribution in [0.1, 0.15) is 16.8 Å². The first-order valence-electron chi connectivity index (χ1n) is 5.23. The summed E-state index contributed by atoms with van der Waals surface area (Å²) in [5.74, 6) is 0. The van der Waals surface area contributed by atoms with Gasteiger partial charge in [-0.15, -0.1) is 0 Å². The number of ether oxygens (including phenoxy) is 1. The van der Waals surface area contributed by atoms with Gasteiger partial charge in [-0.25, -0.2) is 0 Å². The highest BCUT2D eigenvalue weighted by atomic mass is 16.5. The molecule has 0 saturated carbocycles. The molecule has 2 heterocycles. The second-order valence-electron chi connectivity index (χ2n) is 4.03. The van der Waals surface area contributed by atoms with Crippen molar-refractivity contribution in [3.8, 4) is 5.69 Å². The molecule has 0 unspecified atom stereocenters. The van der Waals surface area contributed by atoms with Crippen molar-refractivity contribution in [2.24, 2.45) is 0 Å². The van der Waals surface area contributed by atoms with Crippen LogP contribution >= 0.6 is 0 Å². The molecule has 1 N–H and O–H groups in total. The third-order valence-electron chi connectivity index (χ3n) is 2.85. The van der Waals surface area contributed by atoms with Crippen LogP contribution in [0.3, 0.4) is 0 Å². The average Bonchev–Trinajstić information content (AvgIpc) is 2.83. The van der Waals surface area contributed by atoms with E-state index in [1.807, 2.05) is 35.9 Å². The normalized spacial score (nSPS) is 14.1. The lowest BCUT2D eigenvalue weighted by Crippen LogP contribution is -2.08. The van der Waals surface area contributed by atoms with Gasteiger partial charge < -0.3 is 4.74 Å². The number of hydrogen-bond donors (Lipinski definition) is 1. The summed E-state index contributed by atoms with van der Waals surface area (Å²) in [6, 6.07) is 8.02. The van der Waals surface area contributed by atoms with E-state index in [-0.39, 0.29) is 5.56 Å². The highest BCUT2D eigenvalue weighted by molar-refractivity contribution is 5.38. The SMILES string of the molecule is Cc1cccc(-n2[nH]c(=O)c3c2COC3)c1. The maximum atomic E-state index is 11.6. The minimum absolute atomic E-state index is 0.0472. The van der Waals surface area contributed by atoms with Crippen LogP contribution in [0.2, 0.25) is 0 Å². The number of H-pyrrole nitrogens is 1. The predicted octanol–water partition coefficient (Wildman–Crippen LogP) is 1.50. The van der Waals surface area contributed by atoms with Crippen molar-refractivity contribution in [3.05, 3.63) is 51.4 Å². The summed E-state index contributed by atoms with van der Waals surface area (Å²) >= 11 is 0. The quantitative estimate of drug-likeness (QED) is 0.785. The van der Waals surface area contributed by atoms with Gasteiger partial charge in [0, 0.05) is 0 Å². The summed E-state index contributed by atoms with van der Waals surface area (Å²) in [6.07, 6.45) is 0. The summed E-state index contributed by atoms with van der Waals surface area (Å²) in [7, 11) is 0. The molecule has 0 bridgehead atoms. The monoisotopic (exact) mass is 216 g/mol. The van der Waals surface area contributed by atoms with Crippen LogP contribution in [-0.4, -0.2) is 9.78 Å². The lowest BCUT2D eigenvalue weighted by atomic mass is 10.2. The molecule has 1 aliphatic rings. The number of fused-ring (bicyclic) bond motifs is 1. The molecule has 0 fully saturated rings. The average molecular weight is 216 g/mol. The van der Waals surface area contributed by atoms with Crippen molar-refractivity contribution in [1.82, 2.24) is 9.78 Å². The van der Waals surface area contributed by atoms with Crippen molar-refractivity contribution in [2.75, 3.05) is 0 Å². The Labute approximate surface area is 92.5 Å². The van der Waals surface area contributed by atoms with Gasteiger partial charge in [-0.3, -0.25) is 14.6 Å². The van der Waals surface area contributed by atoms with Crippen LogP contribution in [-0.2, 0) is 18.0 Å². The van der Waals surface area contributed by atoms with Crippen LogP contribution in [0.15, 0.2) is 29.1 Å². The maximum Gasteiger partial charge on any atom is 0.270 e. The van der Waals surface area contributed by atoms with E-state index in [1.165, 1.54) is 5.56 Å². The summed E-state index contributed by atoms with van der Waals surface area (Å²) in [4.78, 5) is 11.6. The highest BCUT2D eigenvalue weighted by Crippen LogP contribution is 2.19. The lowest BCUT2D eigenvalue weighted by molar-refractivity contribution is 0.130. The van der Waals surface area contributed by atoms with E-state index in [0.717, 1.165) is 16.9 Å². The van der Waals surface area contributed by atoms with E-state index in [1.54, 1.807) is 0 Å². The Morgan fingerprint density at radius 2 is 2.25 bits per heavy atom. The number of aryl methyl sites for hydroxylation is 1. The number of nitrogens with one attached hydrogen (secondary N) is 1. The molecule has 1 aromatic carbocycles. The molecule has 0 aliphatic carbocycles. The number of hydrogen-bond acceptors (Lipinski definition) is 2. The Kier molecular flexibility index (Phi) is 1.97. The molecule has 3 rings (SSSR count). The topological polar surface area (TPSA) is 47.0 Å². The van der Waals surface area contributed by atoms with Crippen LogP contribution in [0, 0.1) is 6.92 Å². The molecule has 0 radical (unpaired) electrons. The van der Waals surface area contributed by atoms with Crippen LogP contribution in [0.25, 0.3) is 5.69 Å². The molecule has 0 saturated heterocycles. The molecule has 1 aromatic heterocycles. The Morgan fingerprint density at radius 1 is 1.38 bits per heavy atom. The van der Waals surface area contributed by atoms with Gasteiger partial charge in [0.05, 0.1) is 30.2 Å². The van der Waals surface area contributed by atoms with E-state index < -0.39 is 0 Å². The smallest absolute Gasteiger partial charge is 0.270 e. The van der Waals surface area contributed by atoms with E-state index in [9.17, 15) is 4.79 Å². The van der Waals surface area contributed by atoms with Gasteiger partial charge in [-0.1, -0.05) is 12.1 Å². The van der Waals surface area contributed by atoms with Gasteiger partial charge in [0.2, 0.25) is 0 Å². The third kappa shape index (κ3) is 1.31. The zero-order chi connectivity index (χ0) is 11.1. The lowest BCUT2D eigenvalue weighted by Gasteiger charge is -2.06. The van der Waals surface area contributed by atoms with Crippen LogP contribution in [0.5, 0.6) is 0 Å². The molecule has 4 nitrogen and oxygen atoms in total. The molecule has 0 spiro atoms. The van der Waals surface area contributed by atoms with Crippen molar-refractivity contribution >= 4 is 0 Å². The van der Waals surface area contributed by atoms with E-state index in [4.69, 9.17) is 4.74 Å². The molecule has 2 aromatic rings. The number of nitrogens with zero attached hydrogens (tertiary/aromatic N) is 1. The second kappa shape index (κ2) is 3.35. The Bertz CT molecular complexity index is 595.